The number of fused-ring (bicyclic) bond motifs is 1. The SMILES string of the molecule is CN1CS(=O)c2cc(CCNCCCCN3C(=O)CC4(CCCCC4)C3=O)ccc21. The van der Waals surface area contributed by atoms with E-state index in [1.165, 1.54) is 16.9 Å². The summed E-state index contributed by atoms with van der Waals surface area (Å²) in [7, 11) is 1.06. The third-order valence-electron chi connectivity index (χ3n) is 6.87. The number of carbonyl (C=O) groups is 2. The summed E-state index contributed by atoms with van der Waals surface area (Å²) < 4.78 is 12.1. The first kappa shape index (κ1) is 21.5. The average Bonchev–Trinajstić information content (AvgIpc) is 3.14. The molecule has 30 heavy (non-hydrogen) atoms. The van der Waals surface area contributed by atoms with E-state index in [0.29, 0.717) is 18.8 Å². The minimum absolute atomic E-state index is 0.0366. The number of nitrogens with one attached hydrogen (secondary N) is 1. The molecule has 0 radical (unpaired) electrons. The summed E-state index contributed by atoms with van der Waals surface area (Å²) >= 11 is 0. The molecule has 1 aromatic rings. The Bertz CT molecular complexity index is 835. The molecule has 164 valence electrons. The second kappa shape index (κ2) is 9.18. The summed E-state index contributed by atoms with van der Waals surface area (Å²) in [6, 6.07) is 6.26. The lowest BCUT2D eigenvalue weighted by atomic mass is 9.73. The number of imide groups is 1. The van der Waals surface area contributed by atoms with Gasteiger partial charge in [0.25, 0.3) is 0 Å². The largest absolute Gasteiger partial charge is 0.361 e. The molecule has 1 unspecified atom stereocenters. The molecule has 1 aliphatic carbocycles. The lowest BCUT2D eigenvalue weighted by Crippen LogP contribution is -2.37. The maximum atomic E-state index is 12.8. The fraction of sp³-hybridized carbons (Fsp3) is 0.652. The van der Waals surface area contributed by atoms with Crippen LogP contribution in [-0.2, 0) is 26.8 Å². The highest BCUT2D eigenvalue weighted by atomic mass is 32.2. The molecular weight excluding hydrogens is 398 g/mol. The number of likely N-dealkylation sites (tertiary alicyclic amines) is 1. The Balaban J connectivity index is 1.15. The van der Waals surface area contributed by atoms with Crippen molar-refractivity contribution in [1.82, 2.24) is 10.2 Å². The number of unbranched alkanes of at least 4 members (excludes halogenated alkanes) is 1. The Morgan fingerprint density at radius 3 is 2.70 bits per heavy atom. The van der Waals surface area contributed by atoms with Crippen molar-refractivity contribution in [3.05, 3.63) is 23.8 Å². The van der Waals surface area contributed by atoms with Gasteiger partial charge in [0.15, 0.2) is 0 Å². The quantitative estimate of drug-likeness (QED) is 0.506. The standard InChI is InChI=1S/C23H33N3O3S/c1-25-17-30(29)20-15-18(7-8-19(20)25)9-13-24-12-5-6-14-26-21(27)16-23(22(26)28)10-3-2-4-11-23/h7-8,15,24H,2-6,9-14,16-17H2,1H3. The molecule has 4 rings (SSSR count). The van der Waals surface area contributed by atoms with Crippen LogP contribution in [0.25, 0.3) is 0 Å². The van der Waals surface area contributed by atoms with E-state index in [9.17, 15) is 13.8 Å². The van der Waals surface area contributed by atoms with Crippen LogP contribution < -0.4 is 10.2 Å². The van der Waals surface area contributed by atoms with E-state index in [-0.39, 0.29) is 17.2 Å². The maximum Gasteiger partial charge on any atom is 0.235 e. The third-order valence-corrected chi connectivity index (χ3v) is 8.31. The van der Waals surface area contributed by atoms with Gasteiger partial charge in [0.05, 0.1) is 32.7 Å². The zero-order valence-electron chi connectivity index (χ0n) is 18.0. The van der Waals surface area contributed by atoms with Crippen molar-refractivity contribution in [1.29, 1.82) is 0 Å². The van der Waals surface area contributed by atoms with Gasteiger partial charge < -0.3 is 10.2 Å². The lowest BCUT2D eigenvalue weighted by molar-refractivity contribution is -0.142. The molecule has 1 spiro atoms. The number of rotatable bonds is 8. The van der Waals surface area contributed by atoms with Crippen molar-refractivity contribution < 1.29 is 13.8 Å². The summed E-state index contributed by atoms with van der Waals surface area (Å²) in [5.74, 6) is 0.717. The van der Waals surface area contributed by atoms with Gasteiger partial charge in [0.1, 0.15) is 0 Å². The van der Waals surface area contributed by atoms with Crippen molar-refractivity contribution in [3.63, 3.8) is 0 Å². The van der Waals surface area contributed by atoms with Crippen molar-refractivity contribution in [2.45, 2.75) is 62.7 Å². The predicted molar refractivity (Wildman–Crippen MR) is 119 cm³/mol. The molecule has 1 saturated carbocycles. The molecule has 1 saturated heterocycles. The summed E-state index contributed by atoms with van der Waals surface area (Å²) in [5.41, 5.74) is 1.92. The van der Waals surface area contributed by atoms with Crippen LogP contribution in [0.5, 0.6) is 0 Å². The molecule has 6 nitrogen and oxygen atoms in total. The summed E-state index contributed by atoms with van der Waals surface area (Å²) in [4.78, 5) is 29.7. The van der Waals surface area contributed by atoms with Crippen molar-refractivity contribution >= 4 is 28.3 Å². The molecule has 0 aromatic heterocycles. The van der Waals surface area contributed by atoms with Gasteiger partial charge in [0, 0.05) is 20.0 Å². The van der Waals surface area contributed by atoms with Gasteiger partial charge >= 0.3 is 0 Å². The van der Waals surface area contributed by atoms with Crippen molar-refractivity contribution in [2.75, 3.05) is 37.5 Å². The lowest BCUT2D eigenvalue weighted by Gasteiger charge is -2.30. The number of nitrogens with zero attached hydrogens (tertiary/aromatic N) is 2. The van der Waals surface area contributed by atoms with E-state index in [2.05, 4.69) is 23.5 Å². The smallest absolute Gasteiger partial charge is 0.235 e. The Kier molecular flexibility index (Phi) is 6.58. The highest BCUT2D eigenvalue weighted by Crippen LogP contribution is 2.45. The minimum atomic E-state index is -0.916. The van der Waals surface area contributed by atoms with E-state index in [1.807, 2.05) is 11.9 Å². The van der Waals surface area contributed by atoms with Crippen molar-refractivity contribution in [2.24, 2.45) is 5.41 Å². The zero-order chi connectivity index (χ0) is 21.1. The number of hydrogen-bond donors (Lipinski definition) is 1. The molecule has 2 amide bonds. The normalized spacial score (nSPS) is 22.9. The Labute approximate surface area is 181 Å². The van der Waals surface area contributed by atoms with Crippen LogP contribution in [-0.4, -0.2) is 53.5 Å². The topological polar surface area (TPSA) is 69.7 Å². The van der Waals surface area contributed by atoms with Gasteiger partial charge in [-0.05, 0) is 62.9 Å². The summed E-state index contributed by atoms with van der Waals surface area (Å²) in [6.45, 7) is 2.30. The number of carbonyl (C=O) groups excluding carboxylic acids is 2. The highest BCUT2D eigenvalue weighted by molar-refractivity contribution is 7.85. The van der Waals surface area contributed by atoms with Crippen LogP contribution in [0.1, 0.15) is 56.9 Å². The maximum absolute atomic E-state index is 12.8. The van der Waals surface area contributed by atoms with Gasteiger partial charge in [-0.1, -0.05) is 25.3 Å². The highest BCUT2D eigenvalue weighted by Gasteiger charge is 2.51. The zero-order valence-corrected chi connectivity index (χ0v) is 18.8. The second-order valence-corrected chi connectivity index (χ2v) is 10.4. The van der Waals surface area contributed by atoms with Crippen LogP contribution in [0.4, 0.5) is 5.69 Å². The van der Waals surface area contributed by atoms with Gasteiger partial charge in [-0.3, -0.25) is 18.7 Å². The van der Waals surface area contributed by atoms with Gasteiger partial charge in [-0.25, -0.2) is 0 Å². The number of hydrogen-bond acceptors (Lipinski definition) is 5. The molecule has 1 aromatic carbocycles. The molecule has 2 fully saturated rings. The van der Waals surface area contributed by atoms with Crippen molar-refractivity contribution in [3.8, 4) is 0 Å². The Morgan fingerprint density at radius 2 is 1.90 bits per heavy atom. The fourth-order valence-corrected chi connectivity index (χ4v) is 6.48. The number of anilines is 1. The fourth-order valence-electron chi connectivity index (χ4n) is 5.11. The number of benzene rings is 1. The molecule has 0 bridgehead atoms. The van der Waals surface area contributed by atoms with Crippen LogP contribution in [0.15, 0.2) is 23.1 Å². The first-order chi connectivity index (χ1) is 14.5. The monoisotopic (exact) mass is 431 g/mol. The van der Waals surface area contributed by atoms with Gasteiger partial charge in [-0.2, -0.15) is 0 Å². The van der Waals surface area contributed by atoms with Crippen LogP contribution >= 0.6 is 0 Å². The third kappa shape index (κ3) is 4.33. The summed E-state index contributed by atoms with van der Waals surface area (Å²) in [6.07, 6.45) is 8.26. The van der Waals surface area contributed by atoms with Crippen LogP contribution in [0, 0.1) is 5.41 Å². The van der Waals surface area contributed by atoms with Gasteiger partial charge in [0.2, 0.25) is 11.8 Å². The van der Waals surface area contributed by atoms with E-state index < -0.39 is 10.8 Å². The van der Waals surface area contributed by atoms with E-state index >= 15 is 0 Å². The first-order valence-corrected chi connectivity index (χ1v) is 12.6. The molecule has 1 atom stereocenters. The summed E-state index contributed by atoms with van der Waals surface area (Å²) in [5, 5.41) is 3.45. The minimum Gasteiger partial charge on any atom is -0.361 e. The molecule has 7 heteroatoms. The predicted octanol–water partition coefficient (Wildman–Crippen LogP) is 2.82. The molecule has 1 N–H and O–H groups in total. The first-order valence-electron chi connectivity index (χ1n) is 11.3. The van der Waals surface area contributed by atoms with E-state index in [1.54, 1.807) is 0 Å². The average molecular weight is 432 g/mol. The molecule has 2 aliphatic heterocycles. The Hall–Kier alpha value is -1.73. The van der Waals surface area contributed by atoms with Crippen LogP contribution in [0.2, 0.25) is 0 Å². The molecular formula is C23H33N3O3S. The molecule has 2 heterocycles. The number of amides is 2. The van der Waals surface area contributed by atoms with Crippen LogP contribution in [0.3, 0.4) is 0 Å². The Morgan fingerprint density at radius 1 is 1.10 bits per heavy atom. The second-order valence-electron chi connectivity index (χ2n) is 9.05. The molecule has 3 aliphatic rings. The van der Waals surface area contributed by atoms with E-state index in [4.69, 9.17) is 0 Å². The van der Waals surface area contributed by atoms with Gasteiger partial charge in [-0.15, -0.1) is 0 Å². The van der Waals surface area contributed by atoms with E-state index in [0.717, 1.165) is 68.6 Å².